The van der Waals surface area contributed by atoms with Crippen molar-refractivity contribution in [1.29, 1.82) is 0 Å². The van der Waals surface area contributed by atoms with Crippen LogP contribution in [0.15, 0.2) is 41.3 Å². The monoisotopic (exact) mass is 257 g/mol. The molecule has 0 bridgehead atoms. The lowest BCUT2D eigenvalue weighted by Gasteiger charge is -2.06. The van der Waals surface area contributed by atoms with Crippen molar-refractivity contribution in [3.8, 4) is 5.69 Å². The zero-order valence-electron chi connectivity index (χ0n) is 10.6. The molecule has 0 amide bonds. The average molecular weight is 257 g/mol. The first-order chi connectivity index (χ1) is 9.09. The Bertz CT molecular complexity index is 832. The van der Waals surface area contributed by atoms with Crippen molar-refractivity contribution in [3.63, 3.8) is 0 Å². The lowest BCUT2D eigenvalue weighted by atomic mass is 10.2. The highest BCUT2D eigenvalue weighted by Crippen LogP contribution is 2.19. The van der Waals surface area contributed by atoms with Crippen LogP contribution in [0.2, 0.25) is 0 Å². The molecule has 19 heavy (non-hydrogen) atoms. The largest absolute Gasteiger partial charge is 0.333 e. The van der Waals surface area contributed by atoms with Crippen LogP contribution in [-0.2, 0) is 7.05 Å². The molecule has 0 aliphatic carbocycles. The zero-order chi connectivity index (χ0) is 13.6. The minimum Gasteiger partial charge on any atom is -0.295 e. The number of fused-ring (bicyclic) bond motifs is 1. The predicted octanol–water partition coefficient (Wildman–Crippen LogP) is 2.17. The first-order valence-corrected chi connectivity index (χ1v) is 5.88. The van der Waals surface area contributed by atoms with Crippen molar-refractivity contribution >= 4 is 11.0 Å². The molecule has 0 fully saturated rings. The van der Waals surface area contributed by atoms with Gasteiger partial charge in [0.2, 0.25) is 5.95 Å². The van der Waals surface area contributed by atoms with Crippen molar-refractivity contribution in [2.75, 3.05) is 0 Å². The van der Waals surface area contributed by atoms with Crippen LogP contribution in [0, 0.1) is 12.9 Å². The minimum atomic E-state index is -0.547. The number of aromatic nitrogens is 3. The third-order valence-corrected chi connectivity index (χ3v) is 3.25. The molecule has 0 atom stereocenters. The molecule has 0 unspecified atom stereocenters. The van der Waals surface area contributed by atoms with E-state index in [0.717, 1.165) is 11.0 Å². The van der Waals surface area contributed by atoms with E-state index in [1.165, 1.54) is 12.3 Å². The van der Waals surface area contributed by atoms with Crippen LogP contribution >= 0.6 is 0 Å². The number of benzene rings is 1. The number of rotatable bonds is 1. The summed E-state index contributed by atoms with van der Waals surface area (Å²) in [5, 5.41) is 0. The molecule has 1 aromatic carbocycles. The van der Waals surface area contributed by atoms with Gasteiger partial charge in [-0.15, -0.1) is 0 Å². The van der Waals surface area contributed by atoms with Crippen molar-refractivity contribution in [2.45, 2.75) is 6.92 Å². The van der Waals surface area contributed by atoms with Crippen LogP contribution in [0.3, 0.4) is 0 Å². The standard InChI is InChI=1S/C14H12FN3O/c1-9-7-13(15)16-8-12(9)18-11-6-4-3-5-10(11)17(2)14(18)19/h3-8H,1-2H3. The van der Waals surface area contributed by atoms with Crippen LogP contribution in [0.4, 0.5) is 4.39 Å². The smallest absolute Gasteiger partial charge is 0.295 e. The second-order valence-electron chi connectivity index (χ2n) is 4.46. The number of nitrogens with zero attached hydrogens (tertiary/aromatic N) is 3. The van der Waals surface area contributed by atoms with Crippen LogP contribution in [0.25, 0.3) is 16.7 Å². The van der Waals surface area contributed by atoms with Gasteiger partial charge >= 0.3 is 5.69 Å². The summed E-state index contributed by atoms with van der Waals surface area (Å²) in [6, 6.07) is 8.80. The summed E-state index contributed by atoms with van der Waals surface area (Å²) in [6.07, 6.45) is 1.39. The number of aryl methyl sites for hydroxylation is 2. The first-order valence-electron chi connectivity index (χ1n) is 5.88. The van der Waals surface area contributed by atoms with E-state index in [1.807, 2.05) is 24.3 Å². The Hall–Kier alpha value is -2.43. The molecular formula is C14H12FN3O. The highest BCUT2D eigenvalue weighted by Gasteiger charge is 2.13. The normalized spacial score (nSPS) is 11.1. The van der Waals surface area contributed by atoms with Crippen LogP contribution in [0.1, 0.15) is 5.56 Å². The topological polar surface area (TPSA) is 39.8 Å². The molecule has 0 saturated carbocycles. The quantitative estimate of drug-likeness (QED) is 0.627. The summed E-state index contributed by atoms with van der Waals surface area (Å²) in [6.45, 7) is 1.76. The second kappa shape index (κ2) is 4.05. The fourth-order valence-electron chi connectivity index (χ4n) is 2.27. The zero-order valence-corrected chi connectivity index (χ0v) is 10.6. The van der Waals surface area contributed by atoms with Crippen molar-refractivity contribution < 1.29 is 4.39 Å². The highest BCUT2D eigenvalue weighted by molar-refractivity contribution is 5.78. The average Bonchev–Trinajstić information content (AvgIpc) is 2.64. The number of hydrogen-bond acceptors (Lipinski definition) is 2. The molecular weight excluding hydrogens is 245 g/mol. The maximum Gasteiger partial charge on any atom is 0.333 e. The summed E-state index contributed by atoms with van der Waals surface area (Å²) in [7, 11) is 1.72. The second-order valence-corrected chi connectivity index (χ2v) is 4.46. The van der Waals surface area contributed by atoms with Gasteiger partial charge in [-0.05, 0) is 30.7 Å². The fraction of sp³-hybridized carbons (Fsp3) is 0.143. The summed E-state index contributed by atoms with van der Waals surface area (Å²) >= 11 is 0. The SMILES string of the molecule is Cc1cc(F)ncc1-n1c(=O)n(C)c2ccccc21. The van der Waals surface area contributed by atoms with E-state index in [4.69, 9.17) is 0 Å². The highest BCUT2D eigenvalue weighted by atomic mass is 19.1. The van der Waals surface area contributed by atoms with Gasteiger partial charge in [-0.1, -0.05) is 12.1 Å². The van der Waals surface area contributed by atoms with Gasteiger partial charge in [0.25, 0.3) is 0 Å². The molecule has 5 heteroatoms. The molecule has 0 aliphatic heterocycles. The molecule has 0 spiro atoms. The molecule has 2 heterocycles. The van der Waals surface area contributed by atoms with Gasteiger partial charge in [-0.3, -0.25) is 9.13 Å². The maximum atomic E-state index is 13.1. The van der Waals surface area contributed by atoms with E-state index in [2.05, 4.69) is 4.98 Å². The Kier molecular flexibility index (Phi) is 2.48. The molecule has 0 saturated heterocycles. The van der Waals surface area contributed by atoms with Gasteiger partial charge in [0, 0.05) is 7.05 Å². The Morgan fingerprint density at radius 2 is 1.89 bits per heavy atom. The Morgan fingerprint density at radius 3 is 2.58 bits per heavy atom. The number of imidazole rings is 1. The van der Waals surface area contributed by atoms with Gasteiger partial charge < -0.3 is 0 Å². The lowest BCUT2D eigenvalue weighted by Crippen LogP contribution is -2.21. The van der Waals surface area contributed by atoms with Gasteiger partial charge in [0.1, 0.15) is 0 Å². The lowest BCUT2D eigenvalue weighted by molar-refractivity contribution is 0.581. The first kappa shape index (κ1) is 11.6. The predicted molar refractivity (Wildman–Crippen MR) is 71.0 cm³/mol. The van der Waals surface area contributed by atoms with Gasteiger partial charge in [-0.2, -0.15) is 4.39 Å². The van der Waals surface area contributed by atoms with Crippen molar-refractivity contribution in [3.05, 3.63) is 58.5 Å². The number of pyridine rings is 1. The van der Waals surface area contributed by atoms with E-state index in [1.54, 1.807) is 23.1 Å². The fourth-order valence-corrected chi connectivity index (χ4v) is 2.27. The minimum absolute atomic E-state index is 0.169. The van der Waals surface area contributed by atoms with Gasteiger partial charge in [0.05, 0.1) is 22.9 Å². The molecule has 0 N–H and O–H groups in total. The maximum absolute atomic E-state index is 13.1. The summed E-state index contributed by atoms with van der Waals surface area (Å²) in [4.78, 5) is 16.0. The molecule has 3 rings (SSSR count). The van der Waals surface area contributed by atoms with E-state index >= 15 is 0 Å². The summed E-state index contributed by atoms with van der Waals surface area (Å²) in [5.41, 5.74) is 2.72. The Labute approximate surface area is 108 Å². The van der Waals surface area contributed by atoms with Crippen LogP contribution in [0.5, 0.6) is 0 Å². The molecule has 0 aliphatic rings. The van der Waals surface area contributed by atoms with Crippen LogP contribution < -0.4 is 5.69 Å². The van der Waals surface area contributed by atoms with E-state index in [9.17, 15) is 9.18 Å². The molecule has 2 aromatic heterocycles. The Balaban J connectivity index is 2.43. The number of hydrogen-bond donors (Lipinski definition) is 0. The molecule has 3 aromatic rings. The molecule has 0 radical (unpaired) electrons. The Morgan fingerprint density at radius 1 is 1.21 bits per heavy atom. The molecule has 4 nitrogen and oxygen atoms in total. The van der Waals surface area contributed by atoms with Crippen molar-refractivity contribution in [1.82, 2.24) is 14.1 Å². The van der Waals surface area contributed by atoms with Gasteiger partial charge in [0.15, 0.2) is 0 Å². The third kappa shape index (κ3) is 1.66. The summed E-state index contributed by atoms with van der Waals surface area (Å²) < 4.78 is 16.2. The summed E-state index contributed by atoms with van der Waals surface area (Å²) in [5.74, 6) is -0.547. The van der Waals surface area contributed by atoms with E-state index < -0.39 is 5.95 Å². The third-order valence-electron chi connectivity index (χ3n) is 3.25. The van der Waals surface area contributed by atoms with Gasteiger partial charge in [-0.25, -0.2) is 9.78 Å². The van der Waals surface area contributed by atoms with E-state index in [0.29, 0.717) is 11.3 Å². The van der Waals surface area contributed by atoms with Crippen LogP contribution in [-0.4, -0.2) is 14.1 Å². The molecule has 96 valence electrons. The number of para-hydroxylation sites is 2. The van der Waals surface area contributed by atoms with E-state index in [-0.39, 0.29) is 5.69 Å². The number of halogens is 1. The van der Waals surface area contributed by atoms with Crippen molar-refractivity contribution in [2.24, 2.45) is 7.05 Å².